The van der Waals surface area contributed by atoms with Crippen LogP contribution >= 0.6 is 0 Å². The van der Waals surface area contributed by atoms with Crippen LogP contribution in [0.25, 0.3) is 0 Å². The lowest BCUT2D eigenvalue weighted by Crippen LogP contribution is -2.52. The molecule has 2 unspecified atom stereocenters. The SMILES string of the molecule is CCCNC(CC(C)CC)C1(OCC)CCCC1. The summed E-state index contributed by atoms with van der Waals surface area (Å²) in [7, 11) is 0. The van der Waals surface area contributed by atoms with Crippen LogP contribution in [0.4, 0.5) is 0 Å². The molecule has 1 aliphatic rings. The van der Waals surface area contributed by atoms with Crippen molar-refractivity contribution in [2.45, 2.75) is 84.3 Å². The minimum Gasteiger partial charge on any atom is -0.374 e. The van der Waals surface area contributed by atoms with Gasteiger partial charge in [-0.2, -0.15) is 0 Å². The van der Waals surface area contributed by atoms with Crippen molar-refractivity contribution in [3.8, 4) is 0 Å². The predicted octanol–water partition coefficient (Wildman–Crippen LogP) is 4.14. The number of nitrogens with one attached hydrogen (secondary N) is 1. The number of ether oxygens (including phenoxy) is 1. The van der Waals surface area contributed by atoms with E-state index in [2.05, 4.69) is 33.0 Å². The molecule has 2 heteroatoms. The summed E-state index contributed by atoms with van der Waals surface area (Å²) in [5.41, 5.74) is 0.132. The third kappa shape index (κ3) is 4.24. The average Bonchev–Trinajstić information content (AvgIpc) is 2.84. The van der Waals surface area contributed by atoms with Crippen LogP contribution in [0.15, 0.2) is 0 Å². The zero-order valence-corrected chi connectivity index (χ0v) is 12.9. The molecule has 18 heavy (non-hydrogen) atoms. The lowest BCUT2D eigenvalue weighted by atomic mass is 9.84. The Labute approximate surface area is 114 Å². The average molecular weight is 255 g/mol. The Hall–Kier alpha value is -0.0800. The molecule has 0 amide bonds. The van der Waals surface area contributed by atoms with Gasteiger partial charge in [0.1, 0.15) is 0 Å². The lowest BCUT2D eigenvalue weighted by Gasteiger charge is -2.39. The third-order valence-electron chi connectivity index (χ3n) is 4.49. The Balaban J connectivity index is 2.70. The summed E-state index contributed by atoms with van der Waals surface area (Å²) in [4.78, 5) is 0. The fourth-order valence-electron chi connectivity index (χ4n) is 3.23. The smallest absolute Gasteiger partial charge is 0.0834 e. The van der Waals surface area contributed by atoms with Crippen LogP contribution in [-0.2, 0) is 4.74 Å². The topological polar surface area (TPSA) is 21.3 Å². The van der Waals surface area contributed by atoms with E-state index in [1.54, 1.807) is 0 Å². The van der Waals surface area contributed by atoms with E-state index in [9.17, 15) is 0 Å². The molecule has 0 aromatic heterocycles. The summed E-state index contributed by atoms with van der Waals surface area (Å²) in [6.45, 7) is 11.0. The van der Waals surface area contributed by atoms with E-state index in [0.717, 1.165) is 19.1 Å². The Kier molecular flexibility index (Phi) is 7.25. The fourth-order valence-corrected chi connectivity index (χ4v) is 3.23. The van der Waals surface area contributed by atoms with Crippen LogP contribution in [0.5, 0.6) is 0 Å². The maximum Gasteiger partial charge on any atom is 0.0834 e. The number of hydrogen-bond donors (Lipinski definition) is 1. The van der Waals surface area contributed by atoms with E-state index < -0.39 is 0 Å². The van der Waals surface area contributed by atoms with Crippen molar-refractivity contribution in [3.63, 3.8) is 0 Å². The van der Waals surface area contributed by atoms with Crippen LogP contribution < -0.4 is 5.32 Å². The summed E-state index contributed by atoms with van der Waals surface area (Å²) < 4.78 is 6.23. The first-order valence-electron chi connectivity index (χ1n) is 8.05. The van der Waals surface area contributed by atoms with Crippen LogP contribution in [-0.4, -0.2) is 24.8 Å². The maximum absolute atomic E-state index is 6.23. The van der Waals surface area contributed by atoms with Gasteiger partial charge in [0.05, 0.1) is 5.60 Å². The first kappa shape index (κ1) is 16.0. The molecular formula is C16H33NO. The first-order valence-corrected chi connectivity index (χ1v) is 8.05. The molecule has 2 nitrogen and oxygen atoms in total. The van der Waals surface area contributed by atoms with Gasteiger partial charge in [0.15, 0.2) is 0 Å². The highest BCUT2D eigenvalue weighted by atomic mass is 16.5. The molecule has 0 saturated heterocycles. The summed E-state index contributed by atoms with van der Waals surface area (Å²) in [5, 5.41) is 3.78. The van der Waals surface area contributed by atoms with Crippen LogP contribution in [0, 0.1) is 5.92 Å². The van der Waals surface area contributed by atoms with E-state index in [0.29, 0.717) is 6.04 Å². The summed E-state index contributed by atoms with van der Waals surface area (Å²) >= 11 is 0. The van der Waals surface area contributed by atoms with Gasteiger partial charge in [0.2, 0.25) is 0 Å². The molecule has 0 aliphatic heterocycles. The zero-order chi connectivity index (χ0) is 13.4. The van der Waals surface area contributed by atoms with Gasteiger partial charge in [0.25, 0.3) is 0 Å². The highest BCUT2D eigenvalue weighted by Crippen LogP contribution is 2.38. The third-order valence-corrected chi connectivity index (χ3v) is 4.49. The molecule has 1 saturated carbocycles. The summed E-state index contributed by atoms with van der Waals surface area (Å²) in [6.07, 6.45) is 8.91. The van der Waals surface area contributed by atoms with Gasteiger partial charge in [-0.25, -0.2) is 0 Å². The van der Waals surface area contributed by atoms with Crippen LogP contribution in [0.3, 0.4) is 0 Å². The molecule has 0 radical (unpaired) electrons. The van der Waals surface area contributed by atoms with E-state index in [1.165, 1.54) is 44.9 Å². The number of hydrogen-bond acceptors (Lipinski definition) is 2. The second-order valence-corrected chi connectivity index (χ2v) is 5.96. The van der Waals surface area contributed by atoms with E-state index in [4.69, 9.17) is 4.74 Å². The normalized spacial score (nSPS) is 22.0. The van der Waals surface area contributed by atoms with Crippen LogP contribution in [0.1, 0.15) is 72.6 Å². The van der Waals surface area contributed by atoms with E-state index >= 15 is 0 Å². The lowest BCUT2D eigenvalue weighted by molar-refractivity contribution is -0.0660. The summed E-state index contributed by atoms with van der Waals surface area (Å²) in [5.74, 6) is 0.789. The monoisotopic (exact) mass is 255 g/mol. The molecule has 0 bridgehead atoms. The standard InChI is InChI=1S/C16H33NO/c1-5-12-17-15(13-14(4)6-2)16(18-7-3)10-8-9-11-16/h14-15,17H,5-13H2,1-4H3. The van der Waals surface area contributed by atoms with E-state index in [-0.39, 0.29) is 5.60 Å². The van der Waals surface area contributed by atoms with Gasteiger partial charge in [-0.15, -0.1) is 0 Å². The van der Waals surface area contributed by atoms with Crippen molar-refractivity contribution in [1.82, 2.24) is 5.32 Å². The Bertz CT molecular complexity index is 211. The fraction of sp³-hybridized carbons (Fsp3) is 1.00. The molecule has 1 N–H and O–H groups in total. The largest absolute Gasteiger partial charge is 0.374 e. The van der Waals surface area contributed by atoms with Gasteiger partial charge >= 0.3 is 0 Å². The van der Waals surface area contributed by atoms with Crippen molar-refractivity contribution in [3.05, 3.63) is 0 Å². The minimum absolute atomic E-state index is 0.132. The summed E-state index contributed by atoms with van der Waals surface area (Å²) in [6, 6.07) is 0.551. The van der Waals surface area contributed by atoms with Crippen molar-refractivity contribution in [2.24, 2.45) is 5.92 Å². The van der Waals surface area contributed by atoms with Gasteiger partial charge in [-0.05, 0) is 45.1 Å². The van der Waals surface area contributed by atoms with Crippen molar-refractivity contribution >= 4 is 0 Å². The predicted molar refractivity (Wildman–Crippen MR) is 79.0 cm³/mol. The van der Waals surface area contributed by atoms with Gasteiger partial charge in [-0.1, -0.05) is 40.0 Å². The van der Waals surface area contributed by atoms with Crippen molar-refractivity contribution in [2.75, 3.05) is 13.2 Å². The molecule has 1 rings (SSSR count). The molecule has 0 heterocycles. The molecular weight excluding hydrogens is 222 g/mol. The van der Waals surface area contributed by atoms with Gasteiger partial charge < -0.3 is 10.1 Å². The molecule has 0 aromatic rings. The molecule has 0 aromatic carbocycles. The highest BCUT2D eigenvalue weighted by molar-refractivity contribution is 4.97. The number of rotatable bonds is 9. The Morgan fingerprint density at radius 1 is 1.17 bits per heavy atom. The molecule has 2 atom stereocenters. The molecule has 1 fully saturated rings. The highest BCUT2D eigenvalue weighted by Gasteiger charge is 2.42. The van der Waals surface area contributed by atoms with Gasteiger partial charge in [0, 0.05) is 12.6 Å². The maximum atomic E-state index is 6.23. The van der Waals surface area contributed by atoms with E-state index in [1.807, 2.05) is 0 Å². The molecule has 108 valence electrons. The Morgan fingerprint density at radius 2 is 1.83 bits per heavy atom. The van der Waals surface area contributed by atoms with Crippen molar-refractivity contribution < 1.29 is 4.74 Å². The van der Waals surface area contributed by atoms with Crippen LogP contribution in [0.2, 0.25) is 0 Å². The van der Waals surface area contributed by atoms with Crippen molar-refractivity contribution in [1.29, 1.82) is 0 Å². The molecule has 1 aliphatic carbocycles. The van der Waals surface area contributed by atoms with Gasteiger partial charge in [-0.3, -0.25) is 0 Å². The molecule has 0 spiro atoms. The first-order chi connectivity index (χ1) is 8.68. The Morgan fingerprint density at radius 3 is 2.33 bits per heavy atom. The second-order valence-electron chi connectivity index (χ2n) is 5.96. The second kappa shape index (κ2) is 8.16. The zero-order valence-electron chi connectivity index (χ0n) is 12.9. The minimum atomic E-state index is 0.132. The quantitative estimate of drug-likeness (QED) is 0.668.